The summed E-state index contributed by atoms with van der Waals surface area (Å²) in [5.74, 6) is 0. The van der Waals surface area contributed by atoms with Gasteiger partial charge in [-0.3, -0.25) is 4.90 Å². The third-order valence-corrected chi connectivity index (χ3v) is 2.11. The van der Waals surface area contributed by atoms with Gasteiger partial charge in [-0.1, -0.05) is 12.2 Å². The standard InChI is InChI=1S/C9H17NO2/c1-7(2)4-10(3)8-5-12-6-9(8)11/h8-9,11H,1,4-6H2,2-3H3/t8?,9-/m1/s1. The second-order valence-corrected chi connectivity index (χ2v) is 3.54. The lowest BCUT2D eigenvalue weighted by atomic mass is 10.2. The Morgan fingerprint density at radius 2 is 2.33 bits per heavy atom. The van der Waals surface area contributed by atoms with Crippen molar-refractivity contribution in [2.45, 2.75) is 19.1 Å². The number of hydrogen-bond acceptors (Lipinski definition) is 3. The molecule has 70 valence electrons. The first-order valence-electron chi connectivity index (χ1n) is 4.21. The molecule has 1 aliphatic rings. The van der Waals surface area contributed by atoms with E-state index >= 15 is 0 Å². The van der Waals surface area contributed by atoms with Crippen molar-refractivity contribution in [1.82, 2.24) is 4.90 Å². The molecule has 0 aromatic carbocycles. The van der Waals surface area contributed by atoms with Crippen molar-refractivity contribution < 1.29 is 9.84 Å². The van der Waals surface area contributed by atoms with Crippen molar-refractivity contribution in [3.8, 4) is 0 Å². The van der Waals surface area contributed by atoms with Crippen LogP contribution in [0.5, 0.6) is 0 Å². The summed E-state index contributed by atoms with van der Waals surface area (Å²) in [6.45, 7) is 7.73. The number of nitrogens with zero attached hydrogens (tertiary/aromatic N) is 1. The van der Waals surface area contributed by atoms with Crippen molar-refractivity contribution in [2.75, 3.05) is 26.8 Å². The zero-order chi connectivity index (χ0) is 9.14. The highest BCUT2D eigenvalue weighted by molar-refractivity contribution is 4.94. The van der Waals surface area contributed by atoms with Crippen molar-refractivity contribution in [3.05, 3.63) is 12.2 Å². The Balaban J connectivity index is 2.40. The van der Waals surface area contributed by atoms with Crippen LogP contribution >= 0.6 is 0 Å². The minimum atomic E-state index is -0.339. The number of rotatable bonds is 3. The van der Waals surface area contributed by atoms with Crippen molar-refractivity contribution in [1.29, 1.82) is 0 Å². The molecule has 1 N–H and O–H groups in total. The molecule has 1 aliphatic heterocycles. The summed E-state index contributed by atoms with van der Waals surface area (Å²) in [6, 6.07) is 0.140. The summed E-state index contributed by atoms with van der Waals surface area (Å²) >= 11 is 0. The maximum absolute atomic E-state index is 9.48. The molecular formula is C9H17NO2. The Labute approximate surface area is 73.6 Å². The number of likely N-dealkylation sites (N-methyl/N-ethyl adjacent to an activating group) is 1. The number of aliphatic hydroxyl groups excluding tert-OH is 1. The van der Waals surface area contributed by atoms with Crippen LogP contribution in [-0.2, 0) is 4.74 Å². The Bertz CT molecular complexity index is 170. The summed E-state index contributed by atoms with van der Waals surface area (Å²) in [4.78, 5) is 2.08. The third-order valence-electron chi connectivity index (χ3n) is 2.11. The zero-order valence-corrected chi connectivity index (χ0v) is 7.79. The van der Waals surface area contributed by atoms with E-state index in [-0.39, 0.29) is 12.1 Å². The molecule has 1 heterocycles. The molecule has 0 amide bonds. The summed E-state index contributed by atoms with van der Waals surface area (Å²) in [7, 11) is 1.98. The molecule has 1 rings (SSSR count). The van der Waals surface area contributed by atoms with E-state index in [4.69, 9.17) is 4.74 Å². The number of ether oxygens (including phenoxy) is 1. The Kier molecular flexibility index (Phi) is 3.26. The Hall–Kier alpha value is -0.380. The van der Waals surface area contributed by atoms with Gasteiger partial charge in [-0.25, -0.2) is 0 Å². The van der Waals surface area contributed by atoms with Gasteiger partial charge in [0.1, 0.15) is 0 Å². The predicted octanol–water partition coefficient (Wildman–Crippen LogP) is 0.254. The second kappa shape index (κ2) is 4.03. The van der Waals surface area contributed by atoms with E-state index < -0.39 is 0 Å². The molecular weight excluding hydrogens is 154 g/mol. The summed E-state index contributed by atoms with van der Waals surface area (Å²) < 4.78 is 5.15. The fourth-order valence-electron chi connectivity index (χ4n) is 1.50. The normalized spacial score (nSPS) is 29.7. The SMILES string of the molecule is C=C(C)CN(C)C1COC[C@H]1O. The minimum Gasteiger partial charge on any atom is -0.389 e. The van der Waals surface area contributed by atoms with Crippen LogP contribution in [0.25, 0.3) is 0 Å². The van der Waals surface area contributed by atoms with Crippen molar-refractivity contribution in [2.24, 2.45) is 0 Å². The van der Waals surface area contributed by atoms with Gasteiger partial charge in [-0.05, 0) is 14.0 Å². The first-order valence-corrected chi connectivity index (χ1v) is 4.21. The average Bonchev–Trinajstić information content (AvgIpc) is 2.33. The van der Waals surface area contributed by atoms with Crippen molar-refractivity contribution >= 4 is 0 Å². The van der Waals surface area contributed by atoms with Gasteiger partial charge in [0.25, 0.3) is 0 Å². The van der Waals surface area contributed by atoms with E-state index in [1.165, 1.54) is 0 Å². The molecule has 0 aromatic rings. The molecule has 0 aliphatic carbocycles. The molecule has 0 aromatic heterocycles. The summed E-state index contributed by atoms with van der Waals surface area (Å²) in [6.07, 6.45) is -0.339. The van der Waals surface area contributed by atoms with E-state index in [1.54, 1.807) is 0 Å². The number of hydrogen-bond donors (Lipinski definition) is 1. The summed E-state index contributed by atoms with van der Waals surface area (Å²) in [5, 5.41) is 9.48. The predicted molar refractivity (Wildman–Crippen MR) is 48.1 cm³/mol. The van der Waals surface area contributed by atoms with Gasteiger partial charge in [-0.15, -0.1) is 0 Å². The smallest absolute Gasteiger partial charge is 0.0950 e. The van der Waals surface area contributed by atoms with E-state index in [0.29, 0.717) is 13.2 Å². The van der Waals surface area contributed by atoms with Gasteiger partial charge in [0.05, 0.1) is 25.4 Å². The van der Waals surface area contributed by atoms with Crippen molar-refractivity contribution in [3.63, 3.8) is 0 Å². The monoisotopic (exact) mass is 171 g/mol. The zero-order valence-electron chi connectivity index (χ0n) is 7.79. The maximum Gasteiger partial charge on any atom is 0.0950 e. The van der Waals surface area contributed by atoms with Crippen LogP contribution in [0.4, 0.5) is 0 Å². The lowest BCUT2D eigenvalue weighted by Crippen LogP contribution is -2.41. The molecule has 0 bridgehead atoms. The van der Waals surface area contributed by atoms with Crippen LogP contribution < -0.4 is 0 Å². The Morgan fingerprint density at radius 1 is 1.67 bits per heavy atom. The minimum absolute atomic E-state index is 0.140. The molecule has 0 spiro atoms. The summed E-state index contributed by atoms with van der Waals surface area (Å²) in [5.41, 5.74) is 1.11. The van der Waals surface area contributed by atoms with Gasteiger partial charge in [-0.2, -0.15) is 0 Å². The Morgan fingerprint density at radius 3 is 2.75 bits per heavy atom. The van der Waals surface area contributed by atoms with Crippen LogP contribution in [0.2, 0.25) is 0 Å². The van der Waals surface area contributed by atoms with Gasteiger partial charge in [0.15, 0.2) is 0 Å². The topological polar surface area (TPSA) is 32.7 Å². The first kappa shape index (κ1) is 9.71. The van der Waals surface area contributed by atoms with Gasteiger partial charge in [0, 0.05) is 6.54 Å². The van der Waals surface area contributed by atoms with Gasteiger partial charge in [0.2, 0.25) is 0 Å². The van der Waals surface area contributed by atoms with E-state index in [9.17, 15) is 5.11 Å². The highest BCUT2D eigenvalue weighted by atomic mass is 16.5. The first-order chi connectivity index (χ1) is 5.61. The molecule has 0 saturated carbocycles. The fourth-order valence-corrected chi connectivity index (χ4v) is 1.50. The molecule has 1 unspecified atom stereocenters. The molecule has 2 atom stereocenters. The highest BCUT2D eigenvalue weighted by Crippen LogP contribution is 2.12. The third kappa shape index (κ3) is 2.30. The molecule has 3 nitrogen and oxygen atoms in total. The largest absolute Gasteiger partial charge is 0.389 e. The lowest BCUT2D eigenvalue weighted by Gasteiger charge is -2.25. The molecule has 1 saturated heterocycles. The van der Waals surface area contributed by atoms with E-state index in [2.05, 4.69) is 11.5 Å². The van der Waals surface area contributed by atoms with Crippen LogP contribution in [0.15, 0.2) is 12.2 Å². The maximum atomic E-state index is 9.48. The molecule has 0 radical (unpaired) electrons. The fraction of sp³-hybridized carbons (Fsp3) is 0.778. The molecule has 12 heavy (non-hydrogen) atoms. The van der Waals surface area contributed by atoms with Gasteiger partial charge < -0.3 is 9.84 Å². The number of aliphatic hydroxyl groups is 1. The van der Waals surface area contributed by atoms with Gasteiger partial charge >= 0.3 is 0 Å². The van der Waals surface area contributed by atoms with E-state index in [1.807, 2.05) is 14.0 Å². The van der Waals surface area contributed by atoms with Crippen LogP contribution in [-0.4, -0.2) is 49.0 Å². The van der Waals surface area contributed by atoms with E-state index in [0.717, 1.165) is 12.1 Å². The molecule has 3 heteroatoms. The quantitative estimate of drug-likeness (QED) is 0.618. The molecule has 1 fully saturated rings. The average molecular weight is 171 g/mol. The second-order valence-electron chi connectivity index (χ2n) is 3.54. The highest BCUT2D eigenvalue weighted by Gasteiger charge is 2.29. The van der Waals surface area contributed by atoms with Crippen LogP contribution in [0.3, 0.4) is 0 Å². The lowest BCUT2D eigenvalue weighted by molar-refractivity contribution is 0.0994. The van der Waals surface area contributed by atoms with Crippen LogP contribution in [0.1, 0.15) is 6.92 Å². The van der Waals surface area contributed by atoms with Crippen LogP contribution in [0, 0.1) is 0 Å².